The molecule has 4 rings (SSSR count). The van der Waals surface area contributed by atoms with Gasteiger partial charge in [-0.2, -0.15) is 0 Å². The highest BCUT2D eigenvalue weighted by Gasteiger charge is 2.34. The van der Waals surface area contributed by atoms with Crippen LogP contribution in [0.1, 0.15) is 10.4 Å². The lowest BCUT2D eigenvalue weighted by Gasteiger charge is -2.32. The highest BCUT2D eigenvalue weighted by atomic mass is 16.5. The molecule has 2 aliphatic heterocycles. The van der Waals surface area contributed by atoms with Gasteiger partial charge in [-0.05, 0) is 24.3 Å². The van der Waals surface area contributed by atoms with E-state index < -0.39 is 11.9 Å². The predicted octanol–water partition coefficient (Wildman–Crippen LogP) is 2.17. The summed E-state index contributed by atoms with van der Waals surface area (Å²) in [6.45, 7) is 2.50. The predicted molar refractivity (Wildman–Crippen MR) is 128 cm³/mol. The molecular formula is C25H27N3O7. The Bertz CT molecular complexity index is 1140. The van der Waals surface area contributed by atoms with Crippen molar-refractivity contribution in [2.45, 2.75) is 0 Å². The van der Waals surface area contributed by atoms with Gasteiger partial charge in [-0.15, -0.1) is 0 Å². The number of rotatable bonds is 6. The zero-order valence-corrected chi connectivity index (χ0v) is 19.6. The maximum atomic E-state index is 13.5. The van der Waals surface area contributed by atoms with Crippen LogP contribution >= 0.6 is 0 Å². The molecule has 0 bridgehead atoms. The smallest absolute Gasteiger partial charge is 0.355 e. The molecule has 0 aliphatic carbocycles. The fraction of sp³-hybridized carbons (Fsp3) is 0.320. The van der Waals surface area contributed by atoms with Crippen molar-refractivity contribution in [3.05, 3.63) is 65.4 Å². The number of hydrogen-bond acceptors (Lipinski definition) is 9. The Morgan fingerprint density at radius 1 is 0.857 bits per heavy atom. The fourth-order valence-corrected chi connectivity index (χ4v) is 4.08. The van der Waals surface area contributed by atoms with E-state index in [4.69, 9.17) is 18.9 Å². The van der Waals surface area contributed by atoms with Crippen molar-refractivity contribution in [1.82, 2.24) is 0 Å². The molecule has 1 amide bonds. The van der Waals surface area contributed by atoms with Crippen LogP contribution in [-0.4, -0.2) is 71.7 Å². The molecule has 10 nitrogen and oxygen atoms in total. The van der Waals surface area contributed by atoms with Crippen molar-refractivity contribution in [3.8, 4) is 0 Å². The number of esters is 2. The maximum Gasteiger partial charge on any atom is 0.355 e. The van der Waals surface area contributed by atoms with Gasteiger partial charge in [0.2, 0.25) is 0 Å². The summed E-state index contributed by atoms with van der Waals surface area (Å²) >= 11 is 0. The van der Waals surface area contributed by atoms with Gasteiger partial charge in [0.25, 0.3) is 5.91 Å². The average molecular weight is 482 g/mol. The molecule has 1 saturated heterocycles. The topological polar surface area (TPSA) is 107 Å². The Balaban J connectivity index is 1.69. The van der Waals surface area contributed by atoms with E-state index in [1.807, 2.05) is 24.3 Å². The lowest BCUT2D eigenvalue weighted by atomic mass is 10.1. The number of nitrogens with one attached hydrogen (secondary N) is 1. The number of nitrogens with zero attached hydrogens (tertiary/aromatic N) is 2. The Kier molecular flexibility index (Phi) is 7.64. The SMILES string of the molecule is COC(=O)C1=C(C(=O)OC)N(c2ccccc2C(=O)Nc2ccccc2N2CCOCC2)COC1. The number of carbonyl (C=O) groups excluding carboxylic acids is 3. The first-order valence-electron chi connectivity index (χ1n) is 11.1. The molecule has 2 aromatic rings. The van der Waals surface area contributed by atoms with Gasteiger partial charge in [-0.25, -0.2) is 9.59 Å². The van der Waals surface area contributed by atoms with Gasteiger partial charge in [-0.1, -0.05) is 24.3 Å². The van der Waals surface area contributed by atoms with Crippen molar-refractivity contribution >= 4 is 34.9 Å². The minimum absolute atomic E-state index is 0.0125. The van der Waals surface area contributed by atoms with Gasteiger partial charge in [0, 0.05) is 13.1 Å². The minimum atomic E-state index is -0.735. The number of methoxy groups -OCH3 is 2. The van der Waals surface area contributed by atoms with Crippen molar-refractivity contribution in [3.63, 3.8) is 0 Å². The van der Waals surface area contributed by atoms with Crippen LogP contribution in [0.15, 0.2) is 59.8 Å². The zero-order chi connectivity index (χ0) is 24.8. The van der Waals surface area contributed by atoms with E-state index in [1.165, 1.54) is 19.1 Å². The van der Waals surface area contributed by atoms with Crippen molar-refractivity contribution in [2.75, 3.05) is 69.0 Å². The molecule has 1 N–H and O–H groups in total. The summed E-state index contributed by atoms with van der Waals surface area (Å²) in [6.07, 6.45) is 0. The molecule has 0 atom stereocenters. The highest BCUT2D eigenvalue weighted by molar-refractivity contribution is 6.11. The summed E-state index contributed by atoms with van der Waals surface area (Å²) in [6, 6.07) is 14.3. The Hall–Kier alpha value is -3.89. The third kappa shape index (κ3) is 5.13. The van der Waals surface area contributed by atoms with Crippen molar-refractivity contribution in [1.29, 1.82) is 0 Å². The maximum absolute atomic E-state index is 13.5. The minimum Gasteiger partial charge on any atom is -0.466 e. The van der Waals surface area contributed by atoms with E-state index in [0.717, 1.165) is 18.8 Å². The molecule has 184 valence electrons. The molecule has 0 saturated carbocycles. The number of amides is 1. The Morgan fingerprint density at radius 3 is 2.23 bits per heavy atom. The van der Waals surface area contributed by atoms with Gasteiger partial charge >= 0.3 is 11.9 Å². The van der Waals surface area contributed by atoms with Crippen molar-refractivity contribution < 1.29 is 33.3 Å². The second-order valence-corrected chi connectivity index (χ2v) is 7.80. The van der Waals surface area contributed by atoms with E-state index in [0.29, 0.717) is 30.2 Å². The van der Waals surface area contributed by atoms with Crippen molar-refractivity contribution in [2.24, 2.45) is 0 Å². The van der Waals surface area contributed by atoms with Crippen LogP contribution in [0.25, 0.3) is 0 Å². The molecule has 1 fully saturated rings. The second kappa shape index (κ2) is 11.0. The molecule has 2 aliphatic rings. The van der Waals surface area contributed by atoms with E-state index in [2.05, 4.69) is 10.2 Å². The lowest BCUT2D eigenvalue weighted by molar-refractivity contribution is -0.140. The monoisotopic (exact) mass is 481 g/mol. The largest absolute Gasteiger partial charge is 0.466 e. The van der Waals surface area contributed by atoms with Gasteiger partial charge in [0.05, 0.1) is 62.2 Å². The third-order valence-electron chi connectivity index (χ3n) is 5.78. The summed E-state index contributed by atoms with van der Waals surface area (Å²) < 4.78 is 20.8. The van der Waals surface area contributed by atoms with Gasteiger partial charge in [0.1, 0.15) is 12.4 Å². The van der Waals surface area contributed by atoms with Crippen LogP contribution in [0.4, 0.5) is 17.1 Å². The molecular weight excluding hydrogens is 454 g/mol. The molecule has 0 unspecified atom stereocenters. The van der Waals surface area contributed by atoms with E-state index in [9.17, 15) is 14.4 Å². The molecule has 0 aromatic heterocycles. The second-order valence-electron chi connectivity index (χ2n) is 7.80. The molecule has 0 radical (unpaired) electrons. The number of anilines is 3. The first-order valence-corrected chi connectivity index (χ1v) is 11.1. The Labute approximate surface area is 203 Å². The van der Waals surface area contributed by atoms with Gasteiger partial charge in [0.15, 0.2) is 0 Å². The standard InChI is InChI=1S/C25H27N3O7/c1-32-24(30)18-15-35-16-28(22(18)25(31)33-2)20-9-5-3-7-17(20)23(29)26-19-8-4-6-10-21(19)27-11-13-34-14-12-27/h3-10H,11-16H2,1-2H3,(H,26,29). The Morgan fingerprint density at radius 2 is 1.51 bits per heavy atom. The van der Waals surface area contributed by atoms with E-state index >= 15 is 0 Å². The van der Waals surface area contributed by atoms with Crippen LogP contribution in [0, 0.1) is 0 Å². The quantitative estimate of drug-likeness (QED) is 0.621. The molecule has 2 heterocycles. The summed E-state index contributed by atoms with van der Waals surface area (Å²) in [4.78, 5) is 42.1. The number of para-hydroxylation sites is 3. The molecule has 0 spiro atoms. The molecule has 2 aromatic carbocycles. The van der Waals surface area contributed by atoms with Gasteiger partial charge < -0.3 is 34.1 Å². The van der Waals surface area contributed by atoms with E-state index in [1.54, 1.807) is 24.3 Å². The van der Waals surface area contributed by atoms with Crippen LogP contribution in [-0.2, 0) is 28.5 Å². The van der Waals surface area contributed by atoms with Crippen LogP contribution < -0.4 is 15.1 Å². The first kappa shape index (κ1) is 24.2. The zero-order valence-electron chi connectivity index (χ0n) is 19.6. The fourth-order valence-electron chi connectivity index (χ4n) is 4.08. The number of benzene rings is 2. The number of morpholine rings is 1. The summed E-state index contributed by atoms with van der Waals surface area (Å²) in [5, 5.41) is 2.99. The number of ether oxygens (including phenoxy) is 4. The van der Waals surface area contributed by atoms with E-state index in [-0.39, 0.29) is 30.5 Å². The summed E-state index contributed by atoms with van der Waals surface area (Å²) in [5.41, 5.74) is 2.21. The average Bonchev–Trinajstić information content (AvgIpc) is 2.92. The summed E-state index contributed by atoms with van der Waals surface area (Å²) in [5.74, 6) is -1.83. The first-order chi connectivity index (χ1) is 17.0. The lowest BCUT2D eigenvalue weighted by Crippen LogP contribution is -2.39. The number of carbonyl (C=O) groups is 3. The molecule has 35 heavy (non-hydrogen) atoms. The van der Waals surface area contributed by atoms with Gasteiger partial charge in [-0.3, -0.25) is 4.79 Å². The normalized spacial score (nSPS) is 16.1. The number of hydrogen-bond donors (Lipinski definition) is 1. The molecule has 10 heteroatoms. The van der Waals surface area contributed by atoms with Crippen LogP contribution in [0.3, 0.4) is 0 Å². The third-order valence-corrected chi connectivity index (χ3v) is 5.78. The van der Waals surface area contributed by atoms with Crippen LogP contribution in [0.2, 0.25) is 0 Å². The van der Waals surface area contributed by atoms with Crippen LogP contribution in [0.5, 0.6) is 0 Å². The highest BCUT2D eigenvalue weighted by Crippen LogP contribution is 2.32. The summed E-state index contributed by atoms with van der Waals surface area (Å²) in [7, 11) is 2.44.